The minimum absolute atomic E-state index is 0.0717. The van der Waals surface area contributed by atoms with E-state index in [2.05, 4.69) is 15.2 Å². The summed E-state index contributed by atoms with van der Waals surface area (Å²) in [5.74, 6) is 0.517. The molecule has 0 atom stereocenters. The largest absolute Gasteiger partial charge is 0.494 e. The molecule has 1 fully saturated rings. The number of rotatable bonds is 7. The van der Waals surface area contributed by atoms with Gasteiger partial charge in [0, 0.05) is 56.1 Å². The number of carbonyl (C=O) groups excluding carboxylic acids is 2. The van der Waals surface area contributed by atoms with Gasteiger partial charge >= 0.3 is 0 Å². The first-order valence-corrected chi connectivity index (χ1v) is 10.9. The van der Waals surface area contributed by atoms with Crippen LogP contribution < -0.4 is 15.5 Å². The molecule has 0 radical (unpaired) electrons. The van der Waals surface area contributed by atoms with E-state index in [1.54, 1.807) is 18.2 Å². The molecule has 0 spiro atoms. The van der Waals surface area contributed by atoms with Crippen LogP contribution >= 0.6 is 0 Å². The van der Waals surface area contributed by atoms with E-state index in [-0.39, 0.29) is 11.0 Å². The Morgan fingerprint density at radius 2 is 1.78 bits per heavy atom. The summed E-state index contributed by atoms with van der Waals surface area (Å²) in [6.07, 6.45) is 2.71. The Hall–Kier alpha value is -3.45. The summed E-state index contributed by atoms with van der Waals surface area (Å²) in [5, 5.41) is 3.25. The zero-order valence-corrected chi connectivity index (χ0v) is 18.1. The van der Waals surface area contributed by atoms with Crippen molar-refractivity contribution in [3.63, 3.8) is 0 Å². The molecular formula is C25H27N3O4. The number of carbonyl (C=O) groups is 2. The molecule has 3 aromatic rings. The summed E-state index contributed by atoms with van der Waals surface area (Å²) in [6, 6.07) is 13.2. The van der Waals surface area contributed by atoms with Gasteiger partial charge < -0.3 is 15.0 Å². The van der Waals surface area contributed by atoms with Crippen molar-refractivity contribution in [2.45, 2.75) is 32.9 Å². The van der Waals surface area contributed by atoms with Crippen molar-refractivity contribution in [3.8, 4) is 5.75 Å². The summed E-state index contributed by atoms with van der Waals surface area (Å²) < 4.78 is 5.47. The van der Waals surface area contributed by atoms with Crippen molar-refractivity contribution in [2.24, 2.45) is 0 Å². The quantitative estimate of drug-likeness (QED) is 0.598. The lowest BCUT2D eigenvalue weighted by Crippen LogP contribution is -2.33. The fourth-order valence-electron chi connectivity index (χ4n) is 3.88. The number of hydrogen-bond acceptors (Lipinski definition) is 5. The van der Waals surface area contributed by atoms with E-state index in [1.165, 1.54) is 11.8 Å². The van der Waals surface area contributed by atoms with E-state index in [4.69, 9.17) is 4.74 Å². The number of nitrogens with one attached hydrogen (secondary N) is 2. The van der Waals surface area contributed by atoms with Crippen LogP contribution in [0.3, 0.4) is 0 Å². The number of pyridine rings is 1. The Bertz CT molecular complexity index is 1170. The molecule has 1 aliphatic heterocycles. The third-order valence-electron chi connectivity index (χ3n) is 5.70. The summed E-state index contributed by atoms with van der Waals surface area (Å²) in [4.78, 5) is 42.2. The minimum atomic E-state index is -0.419. The molecule has 7 nitrogen and oxygen atoms in total. The van der Waals surface area contributed by atoms with Gasteiger partial charge in [0.15, 0.2) is 0 Å². The molecule has 2 N–H and O–H groups in total. The molecule has 1 saturated heterocycles. The Morgan fingerprint density at radius 3 is 2.50 bits per heavy atom. The number of benzene rings is 2. The number of Topliss-reactive ketones (excluding diaryl/α,β-unsaturated/α-hetero) is 1. The molecule has 2 aromatic carbocycles. The highest BCUT2D eigenvalue weighted by atomic mass is 16.5. The molecule has 1 aromatic heterocycles. The fraction of sp³-hybridized carbons (Fsp3) is 0.320. The number of H-pyrrole nitrogens is 1. The van der Waals surface area contributed by atoms with Gasteiger partial charge in [0.05, 0.1) is 6.61 Å². The Morgan fingerprint density at radius 1 is 1.06 bits per heavy atom. The third kappa shape index (κ3) is 5.06. The molecule has 0 saturated carbocycles. The maximum Gasteiger partial charge on any atom is 0.257 e. The maximum absolute atomic E-state index is 12.8. The topological polar surface area (TPSA) is 91.5 Å². The number of ketones is 1. The van der Waals surface area contributed by atoms with Crippen LogP contribution in [0.5, 0.6) is 5.75 Å². The number of aromatic amines is 1. The Labute approximate surface area is 186 Å². The number of nitrogens with zero attached hydrogens (tertiary/aromatic N) is 1. The fourth-order valence-corrected chi connectivity index (χ4v) is 3.88. The molecule has 2 heterocycles. The third-order valence-corrected chi connectivity index (χ3v) is 5.70. The van der Waals surface area contributed by atoms with Gasteiger partial charge in [0.25, 0.3) is 5.91 Å². The predicted molar refractivity (Wildman–Crippen MR) is 123 cm³/mol. The number of amides is 1. The van der Waals surface area contributed by atoms with E-state index in [0.717, 1.165) is 25.2 Å². The first kappa shape index (κ1) is 21.8. The van der Waals surface area contributed by atoms with E-state index in [0.29, 0.717) is 48.4 Å². The molecule has 32 heavy (non-hydrogen) atoms. The van der Waals surface area contributed by atoms with E-state index in [9.17, 15) is 14.4 Å². The monoisotopic (exact) mass is 433 g/mol. The Balaban J connectivity index is 1.39. The van der Waals surface area contributed by atoms with Crippen LogP contribution in [0.2, 0.25) is 0 Å². The van der Waals surface area contributed by atoms with Crippen LogP contribution in [-0.2, 0) is 17.9 Å². The summed E-state index contributed by atoms with van der Waals surface area (Å²) >= 11 is 0. The van der Waals surface area contributed by atoms with Crippen LogP contribution in [-0.4, -0.2) is 41.3 Å². The van der Waals surface area contributed by atoms with E-state index in [1.807, 2.05) is 31.2 Å². The lowest BCUT2D eigenvalue weighted by Gasteiger charge is -2.25. The highest BCUT2D eigenvalue weighted by Crippen LogP contribution is 2.17. The van der Waals surface area contributed by atoms with Crippen LogP contribution in [0.1, 0.15) is 41.3 Å². The van der Waals surface area contributed by atoms with Crippen LogP contribution in [0, 0.1) is 0 Å². The second kappa shape index (κ2) is 9.78. The molecule has 1 amide bonds. The summed E-state index contributed by atoms with van der Waals surface area (Å²) in [6.45, 7) is 5.14. The van der Waals surface area contributed by atoms with Crippen molar-refractivity contribution in [1.82, 2.24) is 15.2 Å². The van der Waals surface area contributed by atoms with Crippen molar-refractivity contribution in [2.75, 3.05) is 19.7 Å². The van der Waals surface area contributed by atoms with Gasteiger partial charge in [-0.3, -0.25) is 19.3 Å². The predicted octanol–water partition coefficient (Wildman–Crippen LogP) is 3.02. The molecule has 7 heteroatoms. The van der Waals surface area contributed by atoms with Crippen molar-refractivity contribution < 1.29 is 14.3 Å². The first-order valence-electron chi connectivity index (χ1n) is 10.9. The van der Waals surface area contributed by atoms with Gasteiger partial charge in [-0.1, -0.05) is 24.3 Å². The average molecular weight is 434 g/mol. The summed E-state index contributed by atoms with van der Waals surface area (Å²) in [5.41, 5.74) is 2.52. The van der Waals surface area contributed by atoms with Gasteiger partial charge in [-0.15, -0.1) is 0 Å². The zero-order chi connectivity index (χ0) is 22.5. The number of fused-ring (bicyclic) bond motifs is 1. The van der Waals surface area contributed by atoms with Crippen LogP contribution in [0.4, 0.5) is 0 Å². The molecule has 166 valence electrons. The SMILES string of the molecule is CCOc1ccc2[nH]cc(C(=O)NCc3ccc(CN4CCC(=O)CC4)cc3)c(=O)c2c1. The zero-order valence-electron chi connectivity index (χ0n) is 18.1. The second-order valence-electron chi connectivity index (χ2n) is 7.99. The smallest absolute Gasteiger partial charge is 0.257 e. The van der Waals surface area contributed by atoms with E-state index >= 15 is 0 Å². The van der Waals surface area contributed by atoms with Crippen LogP contribution in [0.25, 0.3) is 10.9 Å². The molecule has 0 aliphatic carbocycles. The maximum atomic E-state index is 12.8. The lowest BCUT2D eigenvalue weighted by molar-refractivity contribution is -0.121. The van der Waals surface area contributed by atoms with E-state index < -0.39 is 5.91 Å². The highest BCUT2D eigenvalue weighted by Gasteiger charge is 2.16. The molecule has 0 bridgehead atoms. The first-order chi connectivity index (χ1) is 15.5. The van der Waals surface area contributed by atoms with Gasteiger partial charge in [-0.2, -0.15) is 0 Å². The van der Waals surface area contributed by atoms with Gasteiger partial charge in [0.1, 0.15) is 17.1 Å². The minimum Gasteiger partial charge on any atom is -0.494 e. The molecule has 1 aliphatic rings. The average Bonchev–Trinajstić information content (AvgIpc) is 2.81. The molecular weight excluding hydrogens is 406 g/mol. The number of likely N-dealkylation sites (tertiary alicyclic amines) is 1. The van der Waals surface area contributed by atoms with Crippen molar-refractivity contribution >= 4 is 22.6 Å². The standard InChI is InChI=1S/C25H27N3O4/c1-2-32-20-7-8-23-21(13-20)24(30)22(15-26-23)25(31)27-14-17-3-5-18(6-4-17)16-28-11-9-19(29)10-12-28/h3-8,13,15H,2,9-12,14,16H2,1H3,(H,26,30)(H,27,31). The molecule has 0 unspecified atom stereocenters. The lowest BCUT2D eigenvalue weighted by atomic mass is 10.1. The van der Waals surface area contributed by atoms with Gasteiger partial charge in [0.2, 0.25) is 5.43 Å². The summed E-state index contributed by atoms with van der Waals surface area (Å²) in [7, 11) is 0. The van der Waals surface area contributed by atoms with Gasteiger partial charge in [-0.25, -0.2) is 0 Å². The van der Waals surface area contributed by atoms with Crippen molar-refractivity contribution in [3.05, 3.63) is 75.6 Å². The normalized spacial score (nSPS) is 14.5. The number of hydrogen-bond donors (Lipinski definition) is 2. The molecule has 4 rings (SSSR count). The second-order valence-corrected chi connectivity index (χ2v) is 7.99. The number of aromatic nitrogens is 1. The Kier molecular flexibility index (Phi) is 6.66. The highest BCUT2D eigenvalue weighted by molar-refractivity contribution is 5.97. The number of ether oxygens (including phenoxy) is 1. The number of piperidine rings is 1. The van der Waals surface area contributed by atoms with Crippen molar-refractivity contribution in [1.29, 1.82) is 0 Å². The van der Waals surface area contributed by atoms with Crippen LogP contribution in [0.15, 0.2) is 53.5 Å². The van der Waals surface area contributed by atoms with Gasteiger partial charge in [-0.05, 0) is 36.2 Å².